The molecule has 0 amide bonds. The number of carbonyl (C=O) groups is 1. The first-order valence-corrected chi connectivity index (χ1v) is 4.33. The van der Waals surface area contributed by atoms with Crippen LogP contribution in [0.3, 0.4) is 0 Å². The zero-order valence-electron chi connectivity index (χ0n) is 8.00. The molecule has 0 aromatic carbocycles. The topological polar surface area (TPSA) is 49.8 Å². The van der Waals surface area contributed by atoms with Crippen molar-refractivity contribution in [3.8, 4) is 0 Å². The lowest BCUT2D eigenvalue weighted by Gasteiger charge is -2.20. The highest BCUT2D eigenvalue weighted by Crippen LogP contribution is 2.48. The van der Waals surface area contributed by atoms with Gasteiger partial charge in [-0.2, -0.15) is 0 Å². The Kier molecular flexibility index (Phi) is 2.17. The van der Waals surface area contributed by atoms with E-state index in [1.807, 2.05) is 27.7 Å². The smallest absolute Gasteiger partial charge is 0.335 e. The standard InChI is InChI=1S/C9H16O3/c1-5(2)9(6(3)4)7(12-9)8(10)11/h5-7H,1-4H3,(H,10,11). The fourth-order valence-corrected chi connectivity index (χ4v) is 1.96. The number of aliphatic carboxylic acids is 1. The Hall–Kier alpha value is -0.570. The first-order valence-electron chi connectivity index (χ1n) is 4.33. The summed E-state index contributed by atoms with van der Waals surface area (Å²) >= 11 is 0. The van der Waals surface area contributed by atoms with Crippen molar-refractivity contribution in [1.82, 2.24) is 0 Å². The average molecular weight is 172 g/mol. The summed E-state index contributed by atoms with van der Waals surface area (Å²) in [5.41, 5.74) is -0.411. The summed E-state index contributed by atoms with van der Waals surface area (Å²) in [4.78, 5) is 10.7. The van der Waals surface area contributed by atoms with Crippen LogP contribution in [0.5, 0.6) is 0 Å². The minimum Gasteiger partial charge on any atom is -0.479 e. The van der Waals surface area contributed by atoms with Crippen LogP contribution >= 0.6 is 0 Å². The second-order valence-corrected chi connectivity index (χ2v) is 4.00. The molecule has 0 aromatic heterocycles. The summed E-state index contributed by atoms with van der Waals surface area (Å²) in [5, 5.41) is 8.76. The van der Waals surface area contributed by atoms with E-state index in [4.69, 9.17) is 9.84 Å². The number of hydrogen-bond donors (Lipinski definition) is 1. The molecule has 0 aliphatic carbocycles. The van der Waals surface area contributed by atoms with Gasteiger partial charge in [-0.1, -0.05) is 27.7 Å². The van der Waals surface area contributed by atoms with Crippen molar-refractivity contribution in [1.29, 1.82) is 0 Å². The predicted octanol–water partition coefficient (Wildman–Crippen LogP) is 1.52. The first-order chi connectivity index (χ1) is 5.43. The van der Waals surface area contributed by atoms with Crippen LogP contribution in [0.2, 0.25) is 0 Å². The molecule has 1 N–H and O–H groups in total. The number of hydrogen-bond acceptors (Lipinski definition) is 2. The van der Waals surface area contributed by atoms with Gasteiger partial charge in [0, 0.05) is 0 Å². The van der Waals surface area contributed by atoms with Crippen LogP contribution in [-0.4, -0.2) is 22.8 Å². The van der Waals surface area contributed by atoms with E-state index in [9.17, 15) is 4.79 Å². The molecule has 0 radical (unpaired) electrons. The maximum Gasteiger partial charge on any atom is 0.335 e. The highest BCUT2D eigenvalue weighted by molar-refractivity contribution is 5.77. The third kappa shape index (κ3) is 1.12. The van der Waals surface area contributed by atoms with Crippen molar-refractivity contribution >= 4 is 5.97 Å². The molecule has 12 heavy (non-hydrogen) atoms. The molecular formula is C9H16O3. The van der Waals surface area contributed by atoms with E-state index in [0.717, 1.165) is 0 Å². The van der Waals surface area contributed by atoms with Crippen molar-refractivity contribution in [3.63, 3.8) is 0 Å². The van der Waals surface area contributed by atoms with Crippen LogP contribution in [0, 0.1) is 11.8 Å². The van der Waals surface area contributed by atoms with Crippen LogP contribution in [-0.2, 0) is 9.53 Å². The van der Waals surface area contributed by atoms with E-state index in [1.165, 1.54) is 0 Å². The fourth-order valence-electron chi connectivity index (χ4n) is 1.96. The summed E-state index contributed by atoms with van der Waals surface area (Å²) in [7, 11) is 0. The summed E-state index contributed by atoms with van der Waals surface area (Å²) in [6.45, 7) is 8.01. The Morgan fingerprint density at radius 2 is 1.75 bits per heavy atom. The lowest BCUT2D eigenvalue weighted by atomic mass is 9.82. The molecule has 1 aliphatic rings. The second kappa shape index (κ2) is 2.73. The van der Waals surface area contributed by atoms with Crippen molar-refractivity contribution in [2.75, 3.05) is 0 Å². The van der Waals surface area contributed by atoms with E-state index >= 15 is 0 Å². The van der Waals surface area contributed by atoms with Crippen molar-refractivity contribution in [2.45, 2.75) is 39.4 Å². The normalized spacial score (nSPS) is 26.3. The Labute approximate surface area is 72.7 Å². The molecule has 3 heteroatoms. The molecule has 0 bridgehead atoms. The van der Waals surface area contributed by atoms with E-state index in [2.05, 4.69) is 0 Å². The zero-order valence-corrected chi connectivity index (χ0v) is 8.00. The Balaban J connectivity index is 2.75. The fraction of sp³-hybridized carbons (Fsp3) is 0.889. The van der Waals surface area contributed by atoms with Crippen LogP contribution in [0.15, 0.2) is 0 Å². The zero-order chi connectivity index (χ0) is 9.52. The van der Waals surface area contributed by atoms with Gasteiger partial charge in [0.05, 0.1) is 0 Å². The van der Waals surface area contributed by atoms with Gasteiger partial charge in [0.2, 0.25) is 0 Å². The Morgan fingerprint density at radius 1 is 1.33 bits per heavy atom. The molecule has 1 unspecified atom stereocenters. The van der Waals surface area contributed by atoms with Gasteiger partial charge in [0.25, 0.3) is 0 Å². The molecule has 1 heterocycles. The predicted molar refractivity (Wildman–Crippen MR) is 44.9 cm³/mol. The maximum atomic E-state index is 10.7. The lowest BCUT2D eigenvalue weighted by molar-refractivity contribution is -0.138. The highest BCUT2D eigenvalue weighted by atomic mass is 16.6. The van der Waals surface area contributed by atoms with Gasteiger partial charge >= 0.3 is 5.97 Å². The SMILES string of the molecule is CC(C)C1(C(C)C)OC1C(=O)O. The lowest BCUT2D eigenvalue weighted by Crippen LogP contribution is -2.32. The van der Waals surface area contributed by atoms with E-state index < -0.39 is 17.7 Å². The monoisotopic (exact) mass is 172 g/mol. The minimum atomic E-state index is -0.836. The third-order valence-electron chi connectivity index (χ3n) is 2.70. The van der Waals surface area contributed by atoms with Gasteiger partial charge in [-0.3, -0.25) is 0 Å². The molecule has 1 saturated heterocycles. The van der Waals surface area contributed by atoms with Crippen molar-refractivity contribution < 1.29 is 14.6 Å². The minimum absolute atomic E-state index is 0.263. The van der Waals surface area contributed by atoms with Gasteiger partial charge in [0.1, 0.15) is 5.60 Å². The van der Waals surface area contributed by atoms with E-state index in [1.54, 1.807) is 0 Å². The summed E-state index contributed by atoms with van der Waals surface area (Å²) in [6.07, 6.45) is -0.586. The van der Waals surface area contributed by atoms with Crippen LogP contribution in [0.1, 0.15) is 27.7 Å². The molecule has 1 aliphatic heterocycles. The van der Waals surface area contributed by atoms with E-state index in [0.29, 0.717) is 0 Å². The summed E-state index contributed by atoms with van der Waals surface area (Å²) < 4.78 is 5.29. The number of ether oxygens (including phenoxy) is 1. The number of carboxylic acid groups (broad SMARTS) is 1. The quantitative estimate of drug-likeness (QED) is 0.656. The van der Waals surface area contributed by atoms with Crippen LogP contribution < -0.4 is 0 Å². The number of rotatable bonds is 3. The third-order valence-corrected chi connectivity index (χ3v) is 2.70. The summed E-state index contributed by atoms with van der Waals surface area (Å²) in [5.74, 6) is -0.311. The maximum absolute atomic E-state index is 10.7. The molecule has 1 fully saturated rings. The highest BCUT2D eigenvalue weighted by Gasteiger charge is 2.64. The molecule has 3 nitrogen and oxygen atoms in total. The molecule has 1 rings (SSSR count). The van der Waals surface area contributed by atoms with Gasteiger partial charge in [-0.25, -0.2) is 4.79 Å². The average Bonchev–Trinajstić information content (AvgIpc) is 2.60. The number of carboxylic acids is 1. The van der Waals surface area contributed by atoms with Gasteiger partial charge in [0.15, 0.2) is 6.10 Å². The molecular weight excluding hydrogens is 156 g/mol. The van der Waals surface area contributed by atoms with Gasteiger partial charge in [-0.15, -0.1) is 0 Å². The van der Waals surface area contributed by atoms with Crippen LogP contribution in [0.25, 0.3) is 0 Å². The van der Waals surface area contributed by atoms with Crippen molar-refractivity contribution in [2.24, 2.45) is 11.8 Å². The molecule has 70 valence electrons. The van der Waals surface area contributed by atoms with E-state index in [-0.39, 0.29) is 11.8 Å². The largest absolute Gasteiger partial charge is 0.479 e. The van der Waals surface area contributed by atoms with Gasteiger partial charge in [-0.05, 0) is 11.8 Å². The molecule has 0 saturated carbocycles. The molecule has 0 spiro atoms. The molecule has 0 aromatic rings. The second-order valence-electron chi connectivity index (χ2n) is 4.00. The molecule has 1 atom stereocenters. The Bertz CT molecular complexity index is 188. The Morgan fingerprint density at radius 3 is 1.83 bits per heavy atom. The summed E-state index contributed by atoms with van der Waals surface area (Å²) in [6, 6.07) is 0. The van der Waals surface area contributed by atoms with Crippen molar-refractivity contribution in [3.05, 3.63) is 0 Å². The van der Waals surface area contributed by atoms with Gasteiger partial charge < -0.3 is 9.84 Å². The van der Waals surface area contributed by atoms with Crippen LogP contribution in [0.4, 0.5) is 0 Å². The first kappa shape index (κ1) is 9.52. The number of epoxide rings is 1.